The third kappa shape index (κ3) is 3.23. The molecule has 1 N–H and O–H groups in total. The largest absolute Gasteiger partial charge is 0.375 e. The minimum atomic E-state index is -2.11. The molecule has 1 aliphatic rings. The number of aliphatic hydroxyl groups is 1. The Hall–Kier alpha value is -3.57. The maximum atomic E-state index is 13.0. The molecule has 2 aromatic carbocycles. The Labute approximate surface area is 160 Å². The molecule has 8 nitrogen and oxygen atoms in total. The SMILES string of the molecule is N#CCCCN1C(=O)[C@@](O)(CC(=O)c2ccccc2[N+](=O)[O-])c2ccccc21. The highest BCUT2D eigenvalue weighted by atomic mass is 16.6. The molecular weight excluding hydrogens is 362 g/mol. The Morgan fingerprint density at radius 2 is 1.89 bits per heavy atom. The number of hydrogen-bond acceptors (Lipinski definition) is 6. The van der Waals surface area contributed by atoms with Crippen LogP contribution in [0.1, 0.15) is 35.2 Å². The molecule has 1 atom stereocenters. The van der Waals surface area contributed by atoms with Gasteiger partial charge < -0.3 is 10.0 Å². The third-order valence-corrected chi connectivity index (χ3v) is 4.73. The number of nitriles is 1. The predicted octanol–water partition coefficient (Wildman–Crippen LogP) is 2.71. The zero-order valence-corrected chi connectivity index (χ0v) is 14.9. The zero-order chi connectivity index (χ0) is 20.3. The fraction of sp³-hybridized carbons (Fsp3) is 0.250. The van der Waals surface area contributed by atoms with Crippen LogP contribution in [0.15, 0.2) is 48.5 Å². The molecule has 0 saturated carbocycles. The number of nitrogens with zero attached hydrogens (tertiary/aromatic N) is 3. The monoisotopic (exact) mass is 379 g/mol. The van der Waals surface area contributed by atoms with Crippen molar-refractivity contribution in [3.05, 3.63) is 69.8 Å². The topological polar surface area (TPSA) is 125 Å². The van der Waals surface area contributed by atoms with Crippen LogP contribution in [0.4, 0.5) is 11.4 Å². The number of fused-ring (bicyclic) bond motifs is 1. The number of hydrogen-bond donors (Lipinski definition) is 1. The summed E-state index contributed by atoms with van der Waals surface area (Å²) in [7, 11) is 0. The van der Waals surface area contributed by atoms with Crippen LogP contribution in [0.2, 0.25) is 0 Å². The molecule has 0 radical (unpaired) electrons. The molecule has 0 spiro atoms. The first-order valence-electron chi connectivity index (χ1n) is 8.67. The number of benzene rings is 2. The highest BCUT2D eigenvalue weighted by Crippen LogP contribution is 2.43. The molecular formula is C20H17N3O5. The number of anilines is 1. The van der Waals surface area contributed by atoms with Crippen LogP contribution in [-0.2, 0) is 10.4 Å². The summed E-state index contributed by atoms with van der Waals surface area (Å²) in [5.41, 5.74) is -1.88. The Morgan fingerprint density at radius 1 is 1.21 bits per heavy atom. The van der Waals surface area contributed by atoms with Gasteiger partial charge in [-0.3, -0.25) is 19.7 Å². The van der Waals surface area contributed by atoms with Crippen molar-refractivity contribution in [2.75, 3.05) is 11.4 Å². The van der Waals surface area contributed by atoms with E-state index < -0.39 is 28.6 Å². The van der Waals surface area contributed by atoms with Gasteiger partial charge in [0.15, 0.2) is 11.4 Å². The van der Waals surface area contributed by atoms with Gasteiger partial charge in [-0.25, -0.2) is 0 Å². The molecule has 0 aromatic heterocycles. The number of unbranched alkanes of at least 4 members (excludes halogenated alkanes) is 1. The number of carbonyl (C=O) groups excluding carboxylic acids is 2. The van der Waals surface area contributed by atoms with Crippen molar-refractivity contribution in [1.29, 1.82) is 5.26 Å². The lowest BCUT2D eigenvalue weighted by molar-refractivity contribution is -0.385. The van der Waals surface area contributed by atoms with Gasteiger partial charge in [0.2, 0.25) is 0 Å². The first-order chi connectivity index (χ1) is 13.4. The van der Waals surface area contributed by atoms with Gasteiger partial charge in [-0.15, -0.1) is 0 Å². The Bertz CT molecular complexity index is 997. The van der Waals surface area contributed by atoms with Gasteiger partial charge >= 0.3 is 0 Å². The molecule has 8 heteroatoms. The summed E-state index contributed by atoms with van der Waals surface area (Å²) in [6, 6.07) is 14.0. The van der Waals surface area contributed by atoms with E-state index in [0.717, 1.165) is 0 Å². The minimum absolute atomic E-state index is 0.158. The molecule has 1 amide bonds. The molecule has 2 aromatic rings. The third-order valence-electron chi connectivity index (χ3n) is 4.73. The fourth-order valence-corrected chi connectivity index (χ4v) is 3.41. The second-order valence-corrected chi connectivity index (χ2v) is 6.47. The predicted molar refractivity (Wildman–Crippen MR) is 99.6 cm³/mol. The van der Waals surface area contributed by atoms with Crippen LogP contribution >= 0.6 is 0 Å². The van der Waals surface area contributed by atoms with E-state index in [1.54, 1.807) is 24.3 Å². The minimum Gasteiger partial charge on any atom is -0.375 e. The van der Waals surface area contributed by atoms with Crippen LogP contribution in [-0.4, -0.2) is 28.3 Å². The van der Waals surface area contributed by atoms with E-state index in [0.29, 0.717) is 12.1 Å². The first kappa shape index (κ1) is 19.2. The maximum absolute atomic E-state index is 13.0. The van der Waals surface area contributed by atoms with E-state index in [4.69, 9.17) is 5.26 Å². The lowest BCUT2D eigenvalue weighted by Crippen LogP contribution is -2.42. The normalized spacial score (nSPS) is 17.9. The van der Waals surface area contributed by atoms with Crippen LogP contribution in [0, 0.1) is 21.4 Å². The number of rotatable bonds is 7. The van der Waals surface area contributed by atoms with Crippen LogP contribution in [0.25, 0.3) is 0 Å². The lowest BCUT2D eigenvalue weighted by atomic mass is 9.88. The zero-order valence-electron chi connectivity index (χ0n) is 14.9. The molecule has 28 heavy (non-hydrogen) atoms. The summed E-state index contributed by atoms with van der Waals surface area (Å²) in [6.07, 6.45) is 0.0622. The molecule has 0 bridgehead atoms. The number of para-hydroxylation sites is 2. The number of amides is 1. The molecule has 1 heterocycles. The van der Waals surface area contributed by atoms with Crippen LogP contribution in [0.5, 0.6) is 0 Å². The quantitative estimate of drug-likeness (QED) is 0.341. The van der Waals surface area contributed by atoms with E-state index in [-0.39, 0.29) is 29.8 Å². The second-order valence-electron chi connectivity index (χ2n) is 6.47. The number of ketones is 1. The van der Waals surface area contributed by atoms with Crippen molar-refractivity contribution in [2.24, 2.45) is 0 Å². The van der Waals surface area contributed by atoms with Gasteiger partial charge in [-0.1, -0.05) is 30.3 Å². The first-order valence-corrected chi connectivity index (χ1v) is 8.67. The average molecular weight is 379 g/mol. The molecule has 0 saturated heterocycles. The van der Waals surface area contributed by atoms with Gasteiger partial charge in [-0.05, 0) is 18.6 Å². The standard InChI is InChI=1S/C20H17N3O5/c21-11-5-6-12-22-17-10-4-2-8-15(17)20(26,19(22)25)13-18(24)14-7-1-3-9-16(14)23(27)28/h1-4,7-10,26H,5-6,12-13H2/t20-/m1/s1. The molecule has 3 rings (SSSR count). The number of carbonyl (C=O) groups is 2. The summed E-state index contributed by atoms with van der Waals surface area (Å²) in [5.74, 6) is -1.37. The molecule has 0 aliphatic carbocycles. The Balaban J connectivity index is 1.95. The van der Waals surface area contributed by atoms with Crippen LogP contribution in [0.3, 0.4) is 0 Å². The van der Waals surface area contributed by atoms with Crippen molar-refractivity contribution >= 4 is 23.1 Å². The van der Waals surface area contributed by atoms with Crippen molar-refractivity contribution in [1.82, 2.24) is 0 Å². The van der Waals surface area contributed by atoms with Gasteiger partial charge in [0.25, 0.3) is 11.6 Å². The van der Waals surface area contributed by atoms with Gasteiger partial charge in [0.05, 0.1) is 28.7 Å². The van der Waals surface area contributed by atoms with Crippen molar-refractivity contribution < 1.29 is 19.6 Å². The second kappa shape index (κ2) is 7.58. The van der Waals surface area contributed by atoms with Crippen molar-refractivity contribution in [2.45, 2.75) is 24.9 Å². The van der Waals surface area contributed by atoms with Crippen molar-refractivity contribution in [3.63, 3.8) is 0 Å². The van der Waals surface area contributed by atoms with Crippen molar-refractivity contribution in [3.8, 4) is 6.07 Å². The number of nitro groups is 1. The fourth-order valence-electron chi connectivity index (χ4n) is 3.41. The van der Waals surface area contributed by atoms with E-state index in [2.05, 4.69) is 0 Å². The van der Waals surface area contributed by atoms with E-state index in [9.17, 15) is 24.8 Å². The highest BCUT2D eigenvalue weighted by molar-refractivity contribution is 6.11. The molecule has 0 fully saturated rings. The summed E-state index contributed by atoms with van der Waals surface area (Å²) >= 11 is 0. The summed E-state index contributed by atoms with van der Waals surface area (Å²) in [6.45, 7) is 0.228. The molecule has 0 unspecified atom stereocenters. The van der Waals surface area contributed by atoms with Gasteiger partial charge in [0.1, 0.15) is 0 Å². The van der Waals surface area contributed by atoms with Gasteiger partial charge in [-0.2, -0.15) is 5.26 Å². The average Bonchev–Trinajstić information content (AvgIpc) is 2.90. The summed E-state index contributed by atoms with van der Waals surface area (Å²) < 4.78 is 0. The van der Waals surface area contributed by atoms with E-state index >= 15 is 0 Å². The van der Waals surface area contributed by atoms with E-state index in [1.807, 2.05) is 6.07 Å². The summed E-state index contributed by atoms with van der Waals surface area (Å²) in [4.78, 5) is 37.6. The lowest BCUT2D eigenvalue weighted by Gasteiger charge is -2.22. The Morgan fingerprint density at radius 3 is 2.61 bits per heavy atom. The molecule has 1 aliphatic heterocycles. The Kier molecular flexibility index (Phi) is 5.20. The maximum Gasteiger partial charge on any atom is 0.280 e. The van der Waals surface area contributed by atoms with Gasteiger partial charge in [0, 0.05) is 24.6 Å². The number of nitro benzene ring substituents is 1. The summed E-state index contributed by atoms with van der Waals surface area (Å²) in [5, 5.41) is 31.1. The highest BCUT2D eigenvalue weighted by Gasteiger charge is 2.50. The molecule has 142 valence electrons. The van der Waals surface area contributed by atoms with Crippen LogP contribution < -0.4 is 4.90 Å². The number of Topliss-reactive ketones (excluding diaryl/α,β-unsaturated/α-hetero) is 1. The smallest absolute Gasteiger partial charge is 0.280 e. The van der Waals surface area contributed by atoms with E-state index in [1.165, 1.54) is 29.2 Å².